The predicted molar refractivity (Wildman–Crippen MR) is 111 cm³/mol. The summed E-state index contributed by atoms with van der Waals surface area (Å²) in [5, 5.41) is 0. The van der Waals surface area contributed by atoms with E-state index in [1.165, 1.54) is 24.3 Å². The van der Waals surface area contributed by atoms with Crippen LogP contribution in [0.25, 0.3) is 16.9 Å². The first-order chi connectivity index (χ1) is 16.5. The molecule has 0 aliphatic rings. The molecule has 2 heterocycles. The molecule has 0 saturated carbocycles. The fourth-order valence-corrected chi connectivity index (χ4v) is 3.39. The van der Waals surface area contributed by atoms with Crippen molar-refractivity contribution in [3.05, 3.63) is 89.4 Å². The van der Waals surface area contributed by atoms with Crippen LogP contribution in [0.1, 0.15) is 21.5 Å². The summed E-state index contributed by atoms with van der Waals surface area (Å²) in [5.74, 6) is -2.45. The normalized spacial score (nSPS) is 12.4. The molecule has 0 unspecified atom stereocenters. The number of hydrogen-bond acceptors (Lipinski definition) is 4. The molecule has 0 N–H and O–H groups in total. The first-order valence-electron chi connectivity index (χ1n) is 9.72. The number of nitrogens with zero attached hydrogens (tertiary/aromatic N) is 3. The van der Waals surface area contributed by atoms with Crippen molar-refractivity contribution in [1.82, 2.24) is 9.38 Å². The Hall–Kier alpha value is -4.22. The van der Waals surface area contributed by atoms with Crippen molar-refractivity contribution in [2.24, 2.45) is 4.99 Å². The summed E-state index contributed by atoms with van der Waals surface area (Å²) in [4.78, 5) is 19.9. The molecule has 0 bridgehead atoms. The number of ketones is 1. The fraction of sp³-hybridized carbons (Fsp3) is 0.0870. The Labute approximate surface area is 192 Å². The second-order valence-corrected chi connectivity index (χ2v) is 7.06. The summed E-state index contributed by atoms with van der Waals surface area (Å²) in [6, 6.07) is 12.2. The Morgan fingerprint density at radius 3 is 2.37 bits per heavy atom. The number of halogens is 7. The van der Waals surface area contributed by atoms with Gasteiger partial charge in [0.25, 0.3) is 0 Å². The molecule has 5 nitrogen and oxygen atoms in total. The molecule has 2 aromatic heterocycles. The molecule has 2 aromatic carbocycles. The highest BCUT2D eigenvalue weighted by atomic mass is 19.4. The van der Waals surface area contributed by atoms with E-state index in [9.17, 15) is 35.5 Å². The molecule has 180 valence electrons. The molecule has 0 saturated heterocycles. The highest BCUT2D eigenvalue weighted by Gasteiger charge is 2.36. The van der Waals surface area contributed by atoms with E-state index in [-0.39, 0.29) is 22.8 Å². The summed E-state index contributed by atoms with van der Waals surface area (Å²) < 4.78 is 98.1. The van der Waals surface area contributed by atoms with Crippen molar-refractivity contribution >= 4 is 23.4 Å². The Bertz CT molecular complexity index is 1430. The van der Waals surface area contributed by atoms with E-state index >= 15 is 0 Å². The summed E-state index contributed by atoms with van der Waals surface area (Å²) in [7, 11) is 0. The number of ether oxygens (including phenoxy) is 1. The first kappa shape index (κ1) is 23.9. The minimum absolute atomic E-state index is 0.0258. The van der Waals surface area contributed by atoms with Crippen LogP contribution < -0.4 is 0 Å². The van der Waals surface area contributed by atoms with Gasteiger partial charge in [0, 0.05) is 22.9 Å². The van der Waals surface area contributed by atoms with Gasteiger partial charge in [-0.2, -0.15) is 26.9 Å². The zero-order valence-electron chi connectivity index (χ0n) is 17.2. The second kappa shape index (κ2) is 9.20. The van der Waals surface area contributed by atoms with E-state index in [0.29, 0.717) is 0 Å². The molecule has 0 radical (unpaired) electrons. The molecule has 4 rings (SSSR count). The molecule has 0 fully saturated rings. The van der Waals surface area contributed by atoms with Gasteiger partial charge in [0.05, 0.1) is 5.56 Å². The van der Waals surface area contributed by atoms with Gasteiger partial charge < -0.3 is 4.74 Å². The highest BCUT2D eigenvalue weighted by Crippen LogP contribution is 2.41. The zero-order valence-corrected chi connectivity index (χ0v) is 17.2. The number of fused-ring (bicyclic) bond motifs is 1. The van der Waals surface area contributed by atoms with Crippen LogP contribution in [0.3, 0.4) is 0 Å². The maximum Gasteiger partial charge on any atom is 0.417 e. The number of rotatable bonds is 5. The van der Waals surface area contributed by atoms with Crippen molar-refractivity contribution in [2.45, 2.75) is 12.8 Å². The molecule has 12 heteroatoms. The molecule has 0 atom stereocenters. The third-order valence-electron chi connectivity index (χ3n) is 4.82. The van der Waals surface area contributed by atoms with Crippen LogP contribution in [-0.4, -0.2) is 27.9 Å². The van der Waals surface area contributed by atoms with Crippen molar-refractivity contribution in [3.63, 3.8) is 0 Å². The van der Waals surface area contributed by atoms with E-state index in [1.807, 2.05) is 0 Å². The maximum atomic E-state index is 13.9. The number of benzene rings is 2. The summed E-state index contributed by atoms with van der Waals surface area (Å²) in [6.07, 6.45) is -5.97. The maximum absolute atomic E-state index is 13.9. The van der Waals surface area contributed by atoms with Crippen LogP contribution in [0.15, 0.2) is 71.9 Å². The van der Waals surface area contributed by atoms with Gasteiger partial charge in [-0.05, 0) is 30.3 Å². The lowest BCUT2D eigenvalue weighted by atomic mass is 10.0. The van der Waals surface area contributed by atoms with Crippen LogP contribution in [-0.2, 0) is 10.9 Å². The molecule has 35 heavy (non-hydrogen) atoms. The lowest BCUT2D eigenvalue weighted by molar-refractivity contribution is -0.137. The standard InChI is InChI=1S/C23H12F7N3O2/c24-14-7-8-15(16(10-14)23(28,29)30)18-20(32-22(27)35-21(25)26)31-17-9-6-13(11-33(17)18)19(34)12-4-2-1-3-5-12/h1-11,21H/b32-22-. The monoisotopic (exact) mass is 495 g/mol. The van der Waals surface area contributed by atoms with Crippen LogP contribution in [0.4, 0.5) is 36.6 Å². The quantitative estimate of drug-likeness (QED) is 0.136. The third-order valence-corrected chi connectivity index (χ3v) is 4.82. The van der Waals surface area contributed by atoms with E-state index < -0.39 is 53.2 Å². The molecule has 0 amide bonds. The molecule has 0 aliphatic carbocycles. The van der Waals surface area contributed by atoms with Gasteiger partial charge in [-0.15, -0.1) is 4.39 Å². The Balaban J connectivity index is 1.99. The van der Waals surface area contributed by atoms with Crippen LogP contribution >= 0.6 is 0 Å². The van der Waals surface area contributed by atoms with Crippen molar-refractivity contribution < 1.29 is 40.3 Å². The van der Waals surface area contributed by atoms with E-state index in [2.05, 4.69) is 14.7 Å². The van der Waals surface area contributed by atoms with Crippen molar-refractivity contribution in [1.29, 1.82) is 0 Å². The van der Waals surface area contributed by atoms with E-state index in [0.717, 1.165) is 22.7 Å². The fourth-order valence-electron chi connectivity index (χ4n) is 3.39. The van der Waals surface area contributed by atoms with Gasteiger partial charge in [0.15, 0.2) is 11.6 Å². The molecular weight excluding hydrogens is 483 g/mol. The van der Waals surface area contributed by atoms with Crippen LogP contribution in [0, 0.1) is 5.82 Å². The van der Waals surface area contributed by atoms with Gasteiger partial charge in [0.2, 0.25) is 0 Å². The van der Waals surface area contributed by atoms with Crippen molar-refractivity contribution in [3.8, 4) is 11.3 Å². The first-order valence-corrected chi connectivity index (χ1v) is 9.72. The minimum atomic E-state index is -5.06. The van der Waals surface area contributed by atoms with Gasteiger partial charge in [-0.25, -0.2) is 9.37 Å². The summed E-state index contributed by atoms with van der Waals surface area (Å²) in [6.45, 7) is -3.59. The van der Waals surface area contributed by atoms with Gasteiger partial charge in [0.1, 0.15) is 17.2 Å². The van der Waals surface area contributed by atoms with Gasteiger partial charge in [-0.3, -0.25) is 9.20 Å². The number of alkyl halides is 5. The highest BCUT2D eigenvalue weighted by molar-refractivity contribution is 6.09. The Kier molecular flexibility index (Phi) is 6.29. The average molecular weight is 495 g/mol. The van der Waals surface area contributed by atoms with Gasteiger partial charge >= 0.3 is 18.9 Å². The summed E-state index contributed by atoms with van der Waals surface area (Å²) >= 11 is 0. The molecule has 0 spiro atoms. The number of pyridine rings is 1. The molecular formula is C23H12F7N3O2. The number of aliphatic imine (C=N–C) groups is 1. The van der Waals surface area contributed by atoms with Crippen LogP contribution in [0.5, 0.6) is 0 Å². The lowest BCUT2D eigenvalue weighted by Gasteiger charge is -2.14. The predicted octanol–water partition coefficient (Wildman–Crippen LogP) is 6.59. The number of aromatic nitrogens is 2. The largest absolute Gasteiger partial charge is 0.417 e. The topological polar surface area (TPSA) is 56.0 Å². The smallest absolute Gasteiger partial charge is 0.393 e. The van der Waals surface area contributed by atoms with E-state index in [1.54, 1.807) is 18.2 Å². The molecule has 4 aromatic rings. The lowest BCUT2D eigenvalue weighted by Crippen LogP contribution is -2.09. The third kappa shape index (κ3) is 5.00. The van der Waals surface area contributed by atoms with Gasteiger partial charge in [-0.1, -0.05) is 30.3 Å². The summed E-state index contributed by atoms with van der Waals surface area (Å²) in [5.41, 5.74) is -2.45. The molecule has 0 aliphatic heterocycles. The Morgan fingerprint density at radius 2 is 1.71 bits per heavy atom. The number of hydrogen-bond donors (Lipinski definition) is 0. The Morgan fingerprint density at radius 1 is 1.00 bits per heavy atom. The van der Waals surface area contributed by atoms with Crippen LogP contribution in [0.2, 0.25) is 0 Å². The number of imidazole rings is 1. The SMILES string of the molecule is O=C(c1ccccc1)c1ccc2nc(/N=C(/F)OC(F)F)c(-c3ccc(F)cc3C(F)(F)F)n2c1. The minimum Gasteiger partial charge on any atom is -0.393 e. The number of carbonyl (C=O) groups excluding carboxylic acids is 1. The zero-order chi connectivity index (χ0) is 25.3. The number of carbonyl (C=O) groups is 1. The average Bonchev–Trinajstić information content (AvgIpc) is 3.14. The van der Waals surface area contributed by atoms with Crippen molar-refractivity contribution in [2.75, 3.05) is 0 Å². The second-order valence-electron chi connectivity index (χ2n) is 7.06. The van der Waals surface area contributed by atoms with E-state index in [4.69, 9.17) is 0 Å².